The van der Waals surface area contributed by atoms with Crippen molar-refractivity contribution in [3.63, 3.8) is 0 Å². The smallest absolute Gasteiger partial charge is 0.280 e. The lowest BCUT2D eigenvalue weighted by Crippen LogP contribution is -3.15. The van der Waals surface area contributed by atoms with E-state index in [4.69, 9.17) is 11.6 Å². The highest BCUT2D eigenvalue weighted by Gasteiger charge is 2.25. The monoisotopic (exact) mass is 298 g/mol. The first-order valence-electron chi connectivity index (χ1n) is 6.40. The molecule has 0 fully saturated rings. The van der Waals surface area contributed by atoms with E-state index in [1.54, 1.807) is 45.3 Å². The van der Waals surface area contributed by atoms with Crippen LogP contribution in [-0.4, -0.2) is 50.4 Å². The first kappa shape index (κ1) is 16.5. The van der Waals surface area contributed by atoms with Gasteiger partial charge in [-0.1, -0.05) is 23.7 Å². The van der Waals surface area contributed by atoms with Crippen molar-refractivity contribution in [3.8, 4) is 0 Å². The number of hydrogen-bond donors (Lipinski definition) is 2. The van der Waals surface area contributed by atoms with Crippen LogP contribution in [0, 0.1) is 0 Å². The normalized spacial score (nSPS) is 13.4. The second-order valence-electron chi connectivity index (χ2n) is 5.01. The maximum Gasteiger partial charge on any atom is 0.280 e. The SMILES string of the molecule is C[C@H](C(=O)N(C)C)[NH+](C)CC(=O)Nc1ccccc1Cl. The number of benzene rings is 1. The van der Waals surface area contributed by atoms with E-state index in [1.807, 2.05) is 7.05 Å². The largest absolute Gasteiger partial charge is 0.344 e. The lowest BCUT2D eigenvalue weighted by Gasteiger charge is -2.23. The molecule has 6 heteroatoms. The van der Waals surface area contributed by atoms with E-state index in [2.05, 4.69) is 5.32 Å². The zero-order valence-corrected chi connectivity index (χ0v) is 13.0. The Balaban J connectivity index is 2.58. The molecule has 110 valence electrons. The molecule has 2 atom stereocenters. The van der Waals surface area contributed by atoms with Crippen LogP contribution in [-0.2, 0) is 9.59 Å². The summed E-state index contributed by atoms with van der Waals surface area (Å²) in [5.74, 6) is -0.179. The molecule has 0 aromatic heterocycles. The fourth-order valence-electron chi connectivity index (χ4n) is 1.76. The van der Waals surface area contributed by atoms with Crippen LogP contribution in [0.15, 0.2) is 24.3 Å². The van der Waals surface area contributed by atoms with Gasteiger partial charge in [-0.25, -0.2) is 0 Å². The number of para-hydroxylation sites is 1. The molecular weight excluding hydrogens is 278 g/mol. The molecule has 0 saturated carbocycles. The van der Waals surface area contributed by atoms with E-state index in [0.717, 1.165) is 4.90 Å². The van der Waals surface area contributed by atoms with Crippen LogP contribution in [0.3, 0.4) is 0 Å². The van der Waals surface area contributed by atoms with Crippen LogP contribution in [0.5, 0.6) is 0 Å². The van der Waals surface area contributed by atoms with Gasteiger partial charge >= 0.3 is 0 Å². The first-order valence-corrected chi connectivity index (χ1v) is 6.78. The van der Waals surface area contributed by atoms with Gasteiger partial charge in [0.1, 0.15) is 0 Å². The summed E-state index contributed by atoms with van der Waals surface area (Å²) in [6, 6.07) is 6.78. The summed E-state index contributed by atoms with van der Waals surface area (Å²) in [6.07, 6.45) is 0. The summed E-state index contributed by atoms with van der Waals surface area (Å²) >= 11 is 5.98. The summed E-state index contributed by atoms with van der Waals surface area (Å²) in [4.78, 5) is 26.1. The summed E-state index contributed by atoms with van der Waals surface area (Å²) in [6.45, 7) is 2.01. The quantitative estimate of drug-likeness (QED) is 0.820. The highest BCUT2D eigenvalue weighted by atomic mass is 35.5. The fourth-order valence-corrected chi connectivity index (χ4v) is 1.94. The molecule has 1 aromatic rings. The number of likely N-dealkylation sites (N-methyl/N-ethyl adjacent to an activating group) is 2. The van der Waals surface area contributed by atoms with Crippen molar-refractivity contribution in [1.29, 1.82) is 0 Å². The number of nitrogens with one attached hydrogen (secondary N) is 2. The van der Waals surface area contributed by atoms with E-state index >= 15 is 0 Å². The Hall–Kier alpha value is -1.59. The van der Waals surface area contributed by atoms with E-state index in [-0.39, 0.29) is 24.4 Å². The second-order valence-corrected chi connectivity index (χ2v) is 5.41. The van der Waals surface area contributed by atoms with Crippen molar-refractivity contribution in [2.75, 3.05) is 33.0 Å². The molecule has 1 rings (SSSR count). The minimum absolute atomic E-state index is 0.00644. The lowest BCUT2D eigenvalue weighted by atomic mass is 10.2. The van der Waals surface area contributed by atoms with Gasteiger partial charge in [-0.05, 0) is 19.1 Å². The topological polar surface area (TPSA) is 53.9 Å². The Kier molecular flexibility index (Phi) is 5.98. The van der Waals surface area contributed by atoms with Crippen molar-refractivity contribution in [3.05, 3.63) is 29.3 Å². The molecule has 0 spiro atoms. The molecule has 0 aliphatic rings. The molecule has 1 aromatic carbocycles. The molecule has 0 aliphatic heterocycles. The van der Waals surface area contributed by atoms with Crippen LogP contribution >= 0.6 is 11.6 Å². The highest BCUT2D eigenvalue weighted by Crippen LogP contribution is 2.19. The standard InChI is InChI=1S/C14H20ClN3O2/c1-10(14(20)17(2)3)18(4)9-13(19)16-12-8-6-5-7-11(12)15/h5-8,10H,9H2,1-4H3,(H,16,19)/p+1/t10-/m1/s1. The maximum absolute atomic E-state index is 12.0. The number of quaternary nitrogens is 1. The molecule has 5 nitrogen and oxygen atoms in total. The zero-order chi connectivity index (χ0) is 15.3. The molecule has 2 N–H and O–H groups in total. The van der Waals surface area contributed by atoms with Crippen LogP contribution in [0.25, 0.3) is 0 Å². The number of carbonyl (C=O) groups is 2. The van der Waals surface area contributed by atoms with Gasteiger partial charge in [0.25, 0.3) is 11.8 Å². The average molecular weight is 299 g/mol. The van der Waals surface area contributed by atoms with E-state index in [1.165, 1.54) is 4.90 Å². The van der Waals surface area contributed by atoms with Gasteiger partial charge in [-0.15, -0.1) is 0 Å². The maximum atomic E-state index is 12.0. The Morgan fingerprint density at radius 1 is 1.35 bits per heavy atom. The summed E-state index contributed by atoms with van der Waals surface area (Å²) in [5.41, 5.74) is 0.582. The minimum Gasteiger partial charge on any atom is -0.344 e. The first-order chi connectivity index (χ1) is 9.32. The molecule has 0 heterocycles. The third kappa shape index (κ3) is 4.51. The fraction of sp³-hybridized carbons (Fsp3) is 0.429. The lowest BCUT2D eigenvalue weighted by molar-refractivity contribution is -0.886. The Bertz CT molecular complexity index is 491. The molecule has 2 amide bonds. The van der Waals surface area contributed by atoms with Crippen LogP contribution in [0.1, 0.15) is 6.92 Å². The van der Waals surface area contributed by atoms with Crippen molar-refractivity contribution in [2.45, 2.75) is 13.0 Å². The van der Waals surface area contributed by atoms with Gasteiger partial charge < -0.3 is 15.1 Å². The van der Waals surface area contributed by atoms with Crippen molar-refractivity contribution < 1.29 is 14.5 Å². The number of hydrogen-bond acceptors (Lipinski definition) is 2. The molecule has 0 aliphatic carbocycles. The predicted molar refractivity (Wildman–Crippen MR) is 80.0 cm³/mol. The Morgan fingerprint density at radius 3 is 2.50 bits per heavy atom. The van der Waals surface area contributed by atoms with Crippen LogP contribution in [0.2, 0.25) is 5.02 Å². The molecular formula is C14H21ClN3O2+. The van der Waals surface area contributed by atoms with Gasteiger partial charge in [0.05, 0.1) is 17.8 Å². The zero-order valence-electron chi connectivity index (χ0n) is 12.2. The number of anilines is 1. The van der Waals surface area contributed by atoms with Crippen molar-refractivity contribution in [2.24, 2.45) is 0 Å². The number of amides is 2. The van der Waals surface area contributed by atoms with Crippen molar-refractivity contribution in [1.82, 2.24) is 4.90 Å². The van der Waals surface area contributed by atoms with Gasteiger partial charge in [-0.2, -0.15) is 0 Å². The Morgan fingerprint density at radius 2 is 1.95 bits per heavy atom. The molecule has 0 bridgehead atoms. The van der Waals surface area contributed by atoms with Gasteiger partial charge in [0.15, 0.2) is 12.6 Å². The minimum atomic E-state index is -0.276. The summed E-state index contributed by atoms with van der Waals surface area (Å²) in [7, 11) is 5.23. The van der Waals surface area contributed by atoms with E-state index in [0.29, 0.717) is 10.7 Å². The van der Waals surface area contributed by atoms with Gasteiger partial charge in [-0.3, -0.25) is 9.59 Å². The van der Waals surface area contributed by atoms with E-state index < -0.39 is 0 Å². The molecule has 1 unspecified atom stereocenters. The molecule has 20 heavy (non-hydrogen) atoms. The average Bonchev–Trinajstić information content (AvgIpc) is 2.39. The summed E-state index contributed by atoms with van der Waals surface area (Å²) < 4.78 is 0. The third-order valence-corrected chi connectivity index (χ3v) is 3.47. The van der Waals surface area contributed by atoms with Crippen molar-refractivity contribution >= 4 is 29.1 Å². The van der Waals surface area contributed by atoms with Crippen LogP contribution in [0.4, 0.5) is 5.69 Å². The molecule has 0 saturated heterocycles. The van der Waals surface area contributed by atoms with Crippen LogP contribution < -0.4 is 10.2 Å². The number of halogens is 1. The Labute approximate surface area is 124 Å². The predicted octanol–water partition coefficient (Wildman–Crippen LogP) is 0.270. The highest BCUT2D eigenvalue weighted by molar-refractivity contribution is 6.33. The van der Waals surface area contributed by atoms with E-state index in [9.17, 15) is 9.59 Å². The van der Waals surface area contributed by atoms with Gasteiger partial charge in [0.2, 0.25) is 0 Å². The number of rotatable bonds is 5. The second kappa shape index (κ2) is 7.26. The third-order valence-electron chi connectivity index (χ3n) is 3.14. The molecule has 0 radical (unpaired) electrons. The van der Waals surface area contributed by atoms with Gasteiger partial charge in [0, 0.05) is 14.1 Å². The number of carbonyl (C=O) groups excluding carboxylic acids is 2. The summed E-state index contributed by atoms with van der Waals surface area (Å²) in [5, 5.41) is 3.24. The number of nitrogens with zero attached hydrogens (tertiary/aromatic N) is 1.